The van der Waals surface area contributed by atoms with E-state index in [4.69, 9.17) is 22.1 Å². The second-order valence-corrected chi connectivity index (χ2v) is 6.05. The quantitative estimate of drug-likeness (QED) is 0.806. The molecule has 0 radical (unpaired) electrons. The molecular formula is C18H16ClFN4O2. The van der Waals surface area contributed by atoms with E-state index in [1.807, 2.05) is 0 Å². The van der Waals surface area contributed by atoms with Crippen molar-refractivity contribution >= 4 is 29.1 Å². The summed E-state index contributed by atoms with van der Waals surface area (Å²) in [7, 11) is 1.28. The first-order valence-electron chi connectivity index (χ1n) is 7.72. The van der Waals surface area contributed by atoms with Crippen LogP contribution in [0.3, 0.4) is 0 Å². The van der Waals surface area contributed by atoms with Gasteiger partial charge in [0.05, 0.1) is 18.4 Å². The second-order valence-electron chi connectivity index (χ2n) is 5.64. The Morgan fingerprint density at radius 1 is 1.38 bits per heavy atom. The molecule has 2 heterocycles. The molecule has 0 amide bonds. The fraction of sp³-hybridized carbons (Fsp3) is 0.167. The van der Waals surface area contributed by atoms with Crippen LogP contribution < -0.4 is 11.1 Å². The average Bonchev–Trinajstić information content (AvgIpc) is 2.61. The summed E-state index contributed by atoms with van der Waals surface area (Å²) < 4.78 is 18.3. The lowest BCUT2D eigenvalue weighted by Crippen LogP contribution is -2.33. The minimum absolute atomic E-state index is 0.156. The molecule has 26 heavy (non-hydrogen) atoms. The van der Waals surface area contributed by atoms with E-state index >= 15 is 0 Å². The van der Waals surface area contributed by atoms with Gasteiger partial charge in [-0.2, -0.15) is 0 Å². The van der Waals surface area contributed by atoms with E-state index < -0.39 is 17.8 Å². The van der Waals surface area contributed by atoms with Crippen LogP contribution in [0, 0.1) is 5.82 Å². The highest BCUT2D eigenvalue weighted by Crippen LogP contribution is 2.36. The lowest BCUT2D eigenvalue weighted by Gasteiger charge is -2.26. The molecule has 0 spiro atoms. The minimum Gasteiger partial charge on any atom is -0.466 e. The third-order valence-electron chi connectivity index (χ3n) is 3.97. The highest BCUT2D eigenvalue weighted by Gasteiger charge is 2.32. The van der Waals surface area contributed by atoms with Crippen LogP contribution in [-0.4, -0.2) is 23.9 Å². The molecule has 3 rings (SSSR count). The second kappa shape index (κ2) is 7.13. The van der Waals surface area contributed by atoms with E-state index in [0.29, 0.717) is 28.5 Å². The predicted octanol–water partition coefficient (Wildman–Crippen LogP) is 2.99. The standard InChI is InChI=1S/C18H16ClFN4O2/c1-9-14(18(25)26-2)15(11-6-5-10(20)8-12(11)19)24-17(23-9)16-13(21)4-3-7-22-16/h3-8,15H,21H2,1-2H3,(H,23,24)/t15-/m0/s1. The van der Waals surface area contributed by atoms with Crippen molar-refractivity contribution in [3.8, 4) is 0 Å². The van der Waals surface area contributed by atoms with E-state index in [1.54, 1.807) is 25.3 Å². The van der Waals surface area contributed by atoms with Crippen molar-refractivity contribution in [2.45, 2.75) is 13.0 Å². The summed E-state index contributed by atoms with van der Waals surface area (Å²) in [6, 6.07) is 6.55. The SMILES string of the molecule is COC(=O)C1=C(C)NC(c2ncccc2N)=N[C@H]1c1ccc(F)cc1Cl. The number of amidine groups is 1. The van der Waals surface area contributed by atoms with Crippen molar-refractivity contribution in [1.29, 1.82) is 0 Å². The third-order valence-corrected chi connectivity index (χ3v) is 4.29. The number of carbonyl (C=O) groups excluding carboxylic acids is 1. The van der Waals surface area contributed by atoms with E-state index in [2.05, 4.69) is 15.3 Å². The van der Waals surface area contributed by atoms with E-state index in [9.17, 15) is 9.18 Å². The number of hydrogen-bond acceptors (Lipinski definition) is 6. The third kappa shape index (κ3) is 3.25. The Bertz CT molecular complexity index is 943. The molecular weight excluding hydrogens is 359 g/mol. The first-order chi connectivity index (χ1) is 12.4. The van der Waals surface area contributed by atoms with Crippen LogP contribution in [0.1, 0.15) is 24.2 Å². The number of methoxy groups -OCH3 is 1. The maximum Gasteiger partial charge on any atom is 0.338 e. The van der Waals surface area contributed by atoms with Crippen LogP contribution in [0.15, 0.2) is 52.8 Å². The van der Waals surface area contributed by atoms with Crippen LogP contribution in [0.5, 0.6) is 0 Å². The maximum absolute atomic E-state index is 13.4. The van der Waals surface area contributed by atoms with E-state index in [1.165, 1.54) is 25.3 Å². The first-order valence-corrected chi connectivity index (χ1v) is 8.10. The van der Waals surface area contributed by atoms with Gasteiger partial charge in [0.2, 0.25) is 0 Å². The van der Waals surface area contributed by atoms with Crippen molar-refractivity contribution < 1.29 is 13.9 Å². The van der Waals surface area contributed by atoms with Gasteiger partial charge in [-0.25, -0.2) is 9.18 Å². The topological polar surface area (TPSA) is 89.6 Å². The van der Waals surface area contributed by atoms with Crippen LogP contribution >= 0.6 is 11.6 Å². The number of nitrogens with zero attached hydrogens (tertiary/aromatic N) is 2. The molecule has 2 aromatic rings. The molecule has 8 heteroatoms. The Labute approximate surface area is 154 Å². The predicted molar refractivity (Wildman–Crippen MR) is 97.2 cm³/mol. The Hall–Kier alpha value is -2.93. The number of nitrogens with one attached hydrogen (secondary N) is 1. The first kappa shape index (κ1) is 17.9. The number of esters is 1. The summed E-state index contributed by atoms with van der Waals surface area (Å²) in [6.07, 6.45) is 1.59. The molecule has 0 aliphatic carbocycles. The fourth-order valence-electron chi connectivity index (χ4n) is 2.73. The number of benzene rings is 1. The maximum atomic E-state index is 13.4. The Kier molecular flexibility index (Phi) is 4.90. The number of allylic oxidation sites excluding steroid dienone is 1. The Morgan fingerprint density at radius 2 is 2.15 bits per heavy atom. The summed E-state index contributed by atoms with van der Waals surface area (Å²) in [5.41, 5.74) is 8.13. The number of halogens is 2. The van der Waals surface area contributed by atoms with Gasteiger partial charge in [0, 0.05) is 22.5 Å². The van der Waals surface area contributed by atoms with Gasteiger partial charge in [0.15, 0.2) is 5.84 Å². The van der Waals surface area contributed by atoms with Crippen molar-refractivity contribution in [2.75, 3.05) is 12.8 Å². The molecule has 0 fully saturated rings. The lowest BCUT2D eigenvalue weighted by molar-refractivity contribution is -0.136. The van der Waals surface area contributed by atoms with Gasteiger partial charge in [0.25, 0.3) is 0 Å². The largest absolute Gasteiger partial charge is 0.466 e. The molecule has 0 bridgehead atoms. The number of hydrogen-bond donors (Lipinski definition) is 2. The summed E-state index contributed by atoms with van der Waals surface area (Å²) in [5, 5.41) is 3.19. The number of carbonyl (C=O) groups is 1. The van der Waals surface area contributed by atoms with Gasteiger partial charge in [0.1, 0.15) is 17.6 Å². The fourth-order valence-corrected chi connectivity index (χ4v) is 3.01. The molecule has 3 N–H and O–H groups in total. The number of anilines is 1. The van der Waals surface area contributed by atoms with Crippen LogP contribution in [0.2, 0.25) is 5.02 Å². The number of nitrogen functional groups attached to an aromatic ring is 1. The smallest absolute Gasteiger partial charge is 0.338 e. The number of nitrogens with two attached hydrogens (primary N) is 1. The van der Waals surface area contributed by atoms with Gasteiger partial charge in [-0.15, -0.1) is 0 Å². The van der Waals surface area contributed by atoms with Crippen molar-refractivity contribution in [3.05, 3.63) is 69.9 Å². The van der Waals surface area contributed by atoms with Crippen LogP contribution in [0.25, 0.3) is 0 Å². The van der Waals surface area contributed by atoms with Gasteiger partial charge in [-0.1, -0.05) is 17.7 Å². The minimum atomic E-state index is -0.784. The average molecular weight is 375 g/mol. The zero-order chi connectivity index (χ0) is 18.8. The van der Waals surface area contributed by atoms with Crippen molar-refractivity contribution in [1.82, 2.24) is 10.3 Å². The van der Waals surface area contributed by atoms with Crippen molar-refractivity contribution in [3.63, 3.8) is 0 Å². The molecule has 1 aliphatic heterocycles. The van der Waals surface area contributed by atoms with Gasteiger partial charge < -0.3 is 15.8 Å². The summed E-state index contributed by atoms with van der Waals surface area (Å²) in [6.45, 7) is 1.71. The lowest BCUT2D eigenvalue weighted by atomic mass is 9.95. The summed E-state index contributed by atoms with van der Waals surface area (Å²) in [4.78, 5) is 21.1. The normalized spacial score (nSPS) is 16.8. The Balaban J connectivity index is 2.17. The van der Waals surface area contributed by atoms with E-state index in [0.717, 1.165) is 0 Å². The highest BCUT2D eigenvalue weighted by atomic mass is 35.5. The van der Waals surface area contributed by atoms with E-state index in [-0.39, 0.29) is 10.6 Å². The summed E-state index contributed by atoms with van der Waals surface area (Å²) in [5.74, 6) is -0.651. The Morgan fingerprint density at radius 3 is 2.81 bits per heavy atom. The van der Waals surface area contributed by atoms with Crippen LogP contribution in [-0.2, 0) is 9.53 Å². The van der Waals surface area contributed by atoms with Crippen molar-refractivity contribution in [2.24, 2.45) is 4.99 Å². The number of aromatic nitrogens is 1. The molecule has 0 saturated carbocycles. The number of aliphatic imine (C=N–C) groups is 1. The molecule has 1 aromatic heterocycles. The number of ether oxygens (including phenoxy) is 1. The van der Waals surface area contributed by atoms with Gasteiger partial charge >= 0.3 is 5.97 Å². The molecule has 6 nitrogen and oxygen atoms in total. The van der Waals surface area contributed by atoms with Gasteiger partial charge in [-0.05, 0) is 31.2 Å². The zero-order valence-electron chi connectivity index (χ0n) is 14.1. The number of rotatable bonds is 3. The molecule has 0 unspecified atom stereocenters. The monoisotopic (exact) mass is 374 g/mol. The highest BCUT2D eigenvalue weighted by molar-refractivity contribution is 6.31. The molecule has 1 aliphatic rings. The van der Waals surface area contributed by atoms with Crippen LogP contribution in [0.4, 0.5) is 10.1 Å². The molecule has 134 valence electrons. The zero-order valence-corrected chi connectivity index (χ0v) is 14.8. The van der Waals surface area contributed by atoms with Gasteiger partial charge in [-0.3, -0.25) is 9.98 Å². The molecule has 0 saturated heterocycles. The molecule has 1 atom stereocenters. The number of pyridine rings is 1. The summed E-state index contributed by atoms with van der Waals surface area (Å²) >= 11 is 6.20. The molecule has 1 aromatic carbocycles.